The zero-order chi connectivity index (χ0) is 21.7. The molecule has 9 heteroatoms. The molecule has 6 nitrogen and oxygen atoms in total. The van der Waals surface area contributed by atoms with E-state index < -0.39 is 11.7 Å². The van der Waals surface area contributed by atoms with Crippen LogP contribution in [0.1, 0.15) is 21.7 Å². The highest BCUT2D eigenvalue weighted by atomic mass is 79.9. The summed E-state index contributed by atoms with van der Waals surface area (Å²) in [6.07, 6.45) is 0.0647. The summed E-state index contributed by atoms with van der Waals surface area (Å²) in [6.45, 7) is 2.05. The van der Waals surface area contributed by atoms with Gasteiger partial charge in [0.1, 0.15) is 11.6 Å². The van der Waals surface area contributed by atoms with E-state index in [1.54, 1.807) is 7.11 Å². The average molecular weight is 492 g/mol. The lowest BCUT2D eigenvalue weighted by Gasteiger charge is -2.07. The van der Waals surface area contributed by atoms with E-state index in [0.717, 1.165) is 28.0 Å². The van der Waals surface area contributed by atoms with Crippen molar-refractivity contribution < 1.29 is 18.7 Å². The molecule has 0 aliphatic carbocycles. The average Bonchev–Trinajstić information content (AvgIpc) is 3.09. The number of aryl methyl sites for hydroxylation is 1. The second-order valence-corrected chi connectivity index (χ2v) is 8.39. The van der Waals surface area contributed by atoms with Gasteiger partial charge in [0.15, 0.2) is 5.13 Å². The van der Waals surface area contributed by atoms with E-state index in [1.807, 2.05) is 31.2 Å². The molecule has 0 aliphatic rings. The van der Waals surface area contributed by atoms with Gasteiger partial charge in [-0.3, -0.25) is 9.59 Å². The number of hydrogen-bond acceptors (Lipinski definition) is 5. The molecule has 0 spiro atoms. The number of amides is 2. The third-order valence-electron chi connectivity index (χ3n) is 4.22. The maximum atomic E-state index is 13.3. The molecule has 156 valence electrons. The van der Waals surface area contributed by atoms with Gasteiger partial charge >= 0.3 is 0 Å². The number of carbonyl (C=O) groups excluding carboxylic acids is 2. The monoisotopic (exact) mass is 491 g/mol. The van der Waals surface area contributed by atoms with Crippen molar-refractivity contribution in [2.75, 3.05) is 19.0 Å². The summed E-state index contributed by atoms with van der Waals surface area (Å²) in [6, 6.07) is 11.4. The standard InChI is InChI=1S/C21H19BrFN3O3S/c1-12-19(13-3-6-15(29-2)7-4-13)26-21(30-12)25-18(27)9-10-24-20(28)16-11-14(23)5-8-17(16)22/h3-8,11H,9-10H2,1-2H3,(H,24,28)(H,25,26,27). The molecule has 3 aromatic rings. The summed E-state index contributed by atoms with van der Waals surface area (Å²) >= 11 is 4.59. The Morgan fingerprint density at radius 1 is 1.20 bits per heavy atom. The Morgan fingerprint density at radius 2 is 1.93 bits per heavy atom. The van der Waals surface area contributed by atoms with Crippen LogP contribution in [-0.2, 0) is 4.79 Å². The van der Waals surface area contributed by atoms with Crippen molar-refractivity contribution in [1.29, 1.82) is 0 Å². The van der Waals surface area contributed by atoms with E-state index in [9.17, 15) is 14.0 Å². The first-order chi connectivity index (χ1) is 14.4. The minimum absolute atomic E-state index is 0.0647. The fourth-order valence-corrected chi connectivity index (χ4v) is 3.98. The molecule has 0 saturated carbocycles. The molecule has 2 amide bonds. The van der Waals surface area contributed by atoms with Crippen LogP contribution in [0, 0.1) is 12.7 Å². The number of halogens is 2. The highest BCUT2D eigenvalue weighted by Crippen LogP contribution is 2.31. The Kier molecular flexibility index (Phi) is 7.17. The van der Waals surface area contributed by atoms with Crippen molar-refractivity contribution in [2.45, 2.75) is 13.3 Å². The van der Waals surface area contributed by atoms with Gasteiger partial charge in [0, 0.05) is 27.9 Å². The quantitative estimate of drug-likeness (QED) is 0.497. The Balaban J connectivity index is 1.55. The first-order valence-corrected chi connectivity index (χ1v) is 10.6. The number of benzene rings is 2. The van der Waals surface area contributed by atoms with Crippen molar-refractivity contribution in [2.24, 2.45) is 0 Å². The molecule has 0 aliphatic heterocycles. The van der Waals surface area contributed by atoms with Crippen molar-refractivity contribution in [1.82, 2.24) is 10.3 Å². The molecule has 2 N–H and O–H groups in total. The predicted molar refractivity (Wildman–Crippen MR) is 119 cm³/mol. The molecular formula is C21H19BrFN3O3S. The van der Waals surface area contributed by atoms with Crippen LogP contribution in [0.15, 0.2) is 46.9 Å². The Hall–Kier alpha value is -2.78. The van der Waals surface area contributed by atoms with Crippen LogP contribution >= 0.6 is 27.3 Å². The van der Waals surface area contributed by atoms with Crippen LogP contribution in [0.4, 0.5) is 9.52 Å². The highest BCUT2D eigenvalue weighted by molar-refractivity contribution is 9.10. The van der Waals surface area contributed by atoms with E-state index in [1.165, 1.54) is 23.5 Å². The molecule has 30 heavy (non-hydrogen) atoms. The van der Waals surface area contributed by atoms with E-state index in [0.29, 0.717) is 9.60 Å². The van der Waals surface area contributed by atoms with Gasteiger partial charge < -0.3 is 15.4 Å². The Bertz CT molecular complexity index is 1070. The summed E-state index contributed by atoms with van der Waals surface area (Å²) in [5.74, 6) is -0.481. The zero-order valence-corrected chi connectivity index (χ0v) is 18.7. The van der Waals surface area contributed by atoms with Crippen molar-refractivity contribution in [3.63, 3.8) is 0 Å². The number of aromatic nitrogens is 1. The lowest BCUT2D eigenvalue weighted by molar-refractivity contribution is -0.116. The number of nitrogens with zero attached hydrogens (tertiary/aromatic N) is 1. The number of nitrogens with one attached hydrogen (secondary N) is 2. The van der Waals surface area contributed by atoms with Gasteiger partial charge in [-0.1, -0.05) is 0 Å². The van der Waals surface area contributed by atoms with Gasteiger partial charge in [-0.15, -0.1) is 11.3 Å². The summed E-state index contributed by atoms with van der Waals surface area (Å²) < 4.78 is 19.0. The maximum absolute atomic E-state index is 13.3. The minimum atomic E-state index is -0.507. The van der Waals surface area contributed by atoms with Crippen LogP contribution in [0.2, 0.25) is 0 Å². The molecule has 0 saturated heterocycles. The first-order valence-electron chi connectivity index (χ1n) is 9.02. The summed E-state index contributed by atoms with van der Waals surface area (Å²) in [5.41, 5.74) is 1.90. The van der Waals surface area contributed by atoms with Crippen LogP contribution in [0.3, 0.4) is 0 Å². The lowest BCUT2D eigenvalue weighted by Crippen LogP contribution is -2.28. The molecular weight excluding hydrogens is 473 g/mol. The van der Waals surface area contributed by atoms with Gasteiger partial charge in [0.2, 0.25) is 5.91 Å². The largest absolute Gasteiger partial charge is 0.497 e. The summed E-state index contributed by atoms with van der Waals surface area (Å²) in [4.78, 5) is 29.8. The van der Waals surface area contributed by atoms with Gasteiger partial charge in [-0.05, 0) is 65.3 Å². The fourth-order valence-electron chi connectivity index (χ4n) is 2.70. The number of ether oxygens (including phenoxy) is 1. The van der Waals surface area contributed by atoms with Crippen LogP contribution < -0.4 is 15.4 Å². The predicted octanol–water partition coefficient (Wildman–Crippen LogP) is 4.79. The Labute approximate surface area is 185 Å². The molecule has 3 rings (SSSR count). The van der Waals surface area contributed by atoms with Gasteiger partial charge in [0.25, 0.3) is 5.91 Å². The van der Waals surface area contributed by atoms with E-state index in [-0.39, 0.29) is 24.4 Å². The van der Waals surface area contributed by atoms with E-state index in [4.69, 9.17) is 4.74 Å². The Morgan fingerprint density at radius 3 is 2.63 bits per heavy atom. The molecule has 0 fully saturated rings. The molecule has 0 bridgehead atoms. The molecule has 0 radical (unpaired) electrons. The lowest BCUT2D eigenvalue weighted by atomic mass is 10.1. The van der Waals surface area contributed by atoms with Gasteiger partial charge in [-0.25, -0.2) is 9.37 Å². The van der Waals surface area contributed by atoms with Crippen molar-refractivity contribution in [3.05, 3.63) is 63.2 Å². The summed E-state index contributed by atoms with van der Waals surface area (Å²) in [7, 11) is 1.61. The number of carbonyl (C=O) groups is 2. The topological polar surface area (TPSA) is 80.3 Å². The number of methoxy groups -OCH3 is 1. The van der Waals surface area contributed by atoms with Crippen LogP contribution in [0.5, 0.6) is 5.75 Å². The maximum Gasteiger partial charge on any atom is 0.252 e. The number of anilines is 1. The highest BCUT2D eigenvalue weighted by Gasteiger charge is 2.14. The van der Waals surface area contributed by atoms with Crippen LogP contribution in [0.25, 0.3) is 11.3 Å². The molecule has 0 atom stereocenters. The van der Waals surface area contributed by atoms with Crippen LogP contribution in [-0.4, -0.2) is 30.5 Å². The second kappa shape index (κ2) is 9.82. The zero-order valence-electron chi connectivity index (χ0n) is 16.3. The van der Waals surface area contributed by atoms with Gasteiger partial charge in [-0.2, -0.15) is 0 Å². The fraction of sp³-hybridized carbons (Fsp3) is 0.190. The normalized spacial score (nSPS) is 10.5. The van der Waals surface area contributed by atoms with Crippen molar-refractivity contribution >= 4 is 44.2 Å². The van der Waals surface area contributed by atoms with Gasteiger partial charge in [0.05, 0.1) is 18.4 Å². The number of hydrogen-bond donors (Lipinski definition) is 2. The van der Waals surface area contributed by atoms with E-state index in [2.05, 4.69) is 31.5 Å². The second-order valence-electron chi connectivity index (χ2n) is 6.33. The summed E-state index contributed by atoms with van der Waals surface area (Å²) in [5, 5.41) is 5.85. The molecule has 2 aromatic carbocycles. The smallest absolute Gasteiger partial charge is 0.252 e. The third-order valence-corrected chi connectivity index (χ3v) is 5.79. The first kappa shape index (κ1) is 21.9. The van der Waals surface area contributed by atoms with E-state index >= 15 is 0 Å². The third kappa shape index (κ3) is 5.43. The SMILES string of the molecule is COc1ccc(-c2nc(NC(=O)CCNC(=O)c3cc(F)ccc3Br)sc2C)cc1. The molecule has 1 heterocycles. The minimum Gasteiger partial charge on any atom is -0.497 e. The molecule has 1 aromatic heterocycles. The van der Waals surface area contributed by atoms with Crippen molar-refractivity contribution in [3.8, 4) is 17.0 Å². The molecule has 0 unspecified atom stereocenters. The number of rotatable bonds is 7. The number of thiazole rings is 1.